The van der Waals surface area contributed by atoms with Gasteiger partial charge in [0.15, 0.2) is 0 Å². The summed E-state index contributed by atoms with van der Waals surface area (Å²) >= 11 is 3.04. The SMILES string of the molecule is CCCCOC(=O)c1sc(-c2cccs2)nc1C. The van der Waals surface area contributed by atoms with Crippen molar-refractivity contribution >= 4 is 28.6 Å². The fourth-order valence-electron chi connectivity index (χ4n) is 1.47. The zero-order valence-corrected chi connectivity index (χ0v) is 12.1. The van der Waals surface area contributed by atoms with Gasteiger partial charge in [-0.25, -0.2) is 9.78 Å². The molecule has 2 aromatic rings. The van der Waals surface area contributed by atoms with Crippen LogP contribution in [-0.4, -0.2) is 17.6 Å². The van der Waals surface area contributed by atoms with E-state index in [9.17, 15) is 4.79 Å². The largest absolute Gasteiger partial charge is 0.461 e. The standard InChI is InChI=1S/C13H15NO2S2/c1-3-4-7-16-13(15)11-9(2)14-12(18-11)10-6-5-8-17-10/h5-6,8H,3-4,7H2,1-2H3. The average molecular weight is 281 g/mol. The molecule has 96 valence electrons. The van der Waals surface area contributed by atoms with Crippen molar-refractivity contribution in [2.75, 3.05) is 6.61 Å². The molecule has 0 saturated heterocycles. The van der Waals surface area contributed by atoms with E-state index in [1.165, 1.54) is 11.3 Å². The molecule has 0 aliphatic rings. The van der Waals surface area contributed by atoms with Crippen molar-refractivity contribution in [3.63, 3.8) is 0 Å². The van der Waals surface area contributed by atoms with Crippen LogP contribution >= 0.6 is 22.7 Å². The lowest BCUT2D eigenvalue weighted by Gasteiger charge is -2.01. The van der Waals surface area contributed by atoms with Crippen LogP contribution < -0.4 is 0 Å². The maximum atomic E-state index is 11.9. The van der Waals surface area contributed by atoms with Crippen LogP contribution in [0.1, 0.15) is 35.1 Å². The normalized spacial score (nSPS) is 10.6. The first kappa shape index (κ1) is 13.2. The molecule has 0 fully saturated rings. The van der Waals surface area contributed by atoms with Crippen LogP contribution in [0.15, 0.2) is 17.5 Å². The highest BCUT2D eigenvalue weighted by Crippen LogP contribution is 2.31. The van der Waals surface area contributed by atoms with E-state index in [1.807, 2.05) is 24.4 Å². The molecule has 0 N–H and O–H groups in total. The molecule has 2 aromatic heterocycles. The van der Waals surface area contributed by atoms with Gasteiger partial charge in [0.25, 0.3) is 0 Å². The van der Waals surface area contributed by atoms with Gasteiger partial charge in [0.2, 0.25) is 0 Å². The van der Waals surface area contributed by atoms with Crippen LogP contribution in [0.25, 0.3) is 9.88 Å². The number of aromatic nitrogens is 1. The second kappa shape index (κ2) is 6.11. The lowest BCUT2D eigenvalue weighted by atomic mass is 10.3. The van der Waals surface area contributed by atoms with Gasteiger partial charge in [-0.3, -0.25) is 0 Å². The van der Waals surface area contributed by atoms with Crippen LogP contribution in [0.4, 0.5) is 0 Å². The monoisotopic (exact) mass is 281 g/mol. The smallest absolute Gasteiger partial charge is 0.350 e. The van der Waals surface area contributed by atoms with Gasteiger partial charge in [-0.1, -0.05) is 19.4 Å². The summed E-state index contributed by atoms with van der Waals surface area (Å²) in [5, 5.41) is 2.90. The minimum absolute atomic E-state index is 0.249. The van der Waals surface area contributed by atoms with Crippen molar-refractivity contribution in [3.05, 3.63) is 28.1 Å². The van der Waals surface area contributed by atoms with Gasteiger partial charge in [-0.2, -0.15) is 0 Å². The third-order valence-corrected chi connectivity index (χ3v) is 4.62. The summed E-state index contributed by atoms with van der Waals surface area (Å²) in [6.07, 6.45) is 1.93. The summed E-state index contributed by atoms with van der Waals surface area (Å²) < 4.78 is 5.21. The Hall–Kier alpha value is -1.20. The molecule has 2 rings (SSSR count). The van der Waals surface area contributed by atoms with Crippen molar-refractivity contribution in [1.29, 1.82) is 0 Å². The Morgan fingerprint density at radius 1 is 1.50 bits per heavy atom. The Morgan fingerprint density at radius 3 is 3.00 bits per heavy atom. The third-order valence-electron chi connectivity index (χ3n) is 2.44. The highest BCUT2D eigenvalue weighted by atomic mass is 32.1. The molecule has 0 saturated carbocycles. The second-order valence-corrected chi connectivity index (χ2v) is 5.85. The molecular formula is C13H15NO2S2. The average Bonchev–Trinajstić information content (AvgIpc) is 2.97. The highest BCUT2D eigenvalue weighted by Gasteiger charge is 2.17. The van der Waals surface area contributed by atoms with Gasteiger partial charge >= 0.3 is 5.97 Å². The number of rotatable bonds is 5. The second-order valence-electron chi connectivity index (χ2n) is 3.90. The van der Waals surface area contributed by atoms with Crippen molar-refractivity contribution < 1.29 is 9.53 Å². The zero-order valence-electron chi connectivity index (χ0n) is 10.4. The molecule has 0 aromatic carbocycles. The summed E-state index contributed by atoms with van der Waals surface area (Å²) in [5.41, 5.74) is 0.755. The number of esters is 1. The van der Waals surface area contributed by atoms with Crippen LogP contribution in [0.3, 0.4) is 0 Å². The first-order valence-corrected chi connectivity index (χ1v) is 7.60. The van der Waals surface area contributed by atoms with Crippen LogP contribution in [0, 0.1) is 6.92 Å². The molecule has 0 spiro atoms. The summed E-state index contributed by atoms with van der Waals surface area (Å²) in [7, 11) is 0. The predicted octanol–water partition coefficient (Wildman–Crippen LogP) is 4.14. The molecule has 0 atom stereocenters. The number of carbonyl (C=O) groups is 1. The van der Waals surface area contributed by atoms with E-state index in [-0.39, 0.29) is 5.97 Å². The van der Waals surface area contributed by atoms with Gasteiger partial charge in [-0.15, -0.1) is 22.7 Å². The molecule has 18 heavy (non-hydrogen) atoms. The molecule has 0 aliphatic heterocycles. The van der Waals surface area contributed by atoms with Crippen LogP contribution in [0.2, 0.25) is 0 Å². The van der Waals surface area contributed by atoms with Gasteiger partial charge in [-0.05, 0) is 24.8 Å². The number of unbranched alkanes of at least 4 members (excludes halogenated alkanes) is 1. The first-order valence-electron chi connectivity index (χ1n) is 5.90. The predicted molar refractivity (Wildman–Crippen MR) is 75.4 cm³/mol. The van der Waals surface area contributed by atoms with Gasteiger partial charge in [0.05, 0.1) is 17.2 Å². The van der Waals surface area contributed by atoms with Crippen LogP contribution in [0.5, 0.6) is 0 Å². The number of hydrogen-bond donors (Lipinski definition) is 0. The zero-order chi connectivity index (χ0) is 13.0. The topological polar surface area (TPSA) is 39.2 Å². The molecular weight excluding hydrogens is 266 g/mol. The lowest BCUT2D eigenvalue weighted by Crippen LogP contribution is -2.05. The Bertz CT molecular complexity index is 517. The number of hydrogen-bond acceptors (Lipinski definition) is 5. The third kappa shape index (κ3) is 2.97. The lowest BCUT2D eigenvalue weighted by molar-refractivity contribution is 0.0504. The van der Waals surface area contributed by atoms with Crippen LogP contribution in [-0.2, 0) is 4.74 Å². The molecule has 0 unspecified atom stereocenters. The van der Waals surface area contributed by atoms with Gasteiger partial charge < -0.3 is 4.74 Å². The summed E-state index contributed by atoms with van der Waals surface area (Å²) in [6, 6.07) is 3.99. The molecule has 0 amide bonds. The molecule has 0 aliphatic carbocycles. The van der Waals surface area contributed by atoms with E-state index in [2.05, 4.69) is 11.9 Å². The number of thiazole rings is 1. The maximum absolute atomic E-state index is 11.9. The fourth-order valence-corrected chi connectivity index (χ4v) is 3.22. The molecule has 5 heteroatoms. The summed E-state index contributed by atoms with van der Waals surface area (Å²) in [4.78, 5) is 18.0. The summed E-state index contributed by atoms with van der Waals surface area (Å²) in [5.74, 6) is -0.249. The molecule has 0 radical (unpaired) electrons. The van der Waals surface area contributed by atoms with E-state index in [4.69, 9.17) is 4.74 Å². The van der Waals surface area contributed by atoms with E-state index in [1.54, 1.807) is 11.3 Å². The fraction of sp³-hybridized carbons (Fsp3) is 0.385. The molecule has 3 nitrogen and oxygen atoms in total. The van der Waals surface area contributed by atoms with Crippen molar-refractivity contribution in [3.8, 4) is 9.88 Å². The minimum atomic E-state index is -0.249. The number of thiophene rings is 1. The minimum Gasteiger partial charge on any atom is -0.461 e. The molecule has 2 heterocycles. The van der Waals surface area contributed by atoms with Crippen molar-refractivity contribution in [2.45, 2.75) is 26.7 Å². The number of carbonyl (C=O) groups excluding carboxylic acids is 1. The Balaban J connectivity index is 2.12. The maximum Gasteiger partial charge on any atom is 0.350 e. The van der Waals surface area contributed by atoms with E-state index in [0.717, 1.165) is 28.4 Å². The number of ether oxygens (including phenoxy) is 1. The number of nitrogens with zero attached hydrogens (tertiary/aromatic N) is 1. The van der Waals surface area contributed by atoms with E-state index in [0.29, 0.717) is 11.5 Å². The Kier molecular flexibility index (Phi) is 4.49. The van der Waals surface area contributed by atoms with Gasteiger partial charge in [0.1, 0.15) is 9.88 Å². The number of aryl methyl sites for hydroxylation is 1. The van der Waals surface area contributed by atoms with Crippen molar-refractivity contribution in [2.24, 2.45) is 0 Å². The van der Waals surface area contributed by atoms with Gasteiger partial charge in [0, 0.05) is 0 Å². The molecule has 0 bridgehead atoms. The van der Waals surface area contributed by atoms with E-state index < -0.39 is 0 Å². The van der Waals surface area contributed by atoms with Crippen molar-refractivity contribution in [1.82, 2.24) is 4.98 Å². The highest BCUT2D eigenvalue weighted by molar-refractivity contribution is 7.22. The quantitative estimate of drug-likeness (QED) is 0.611. The first-order chi connectivity index (χ1) is 8.72. The summed E-state index contributed by atoms with van der Waals surface area (Å²) in [6.45, 7) is 4.41. The Morgan fingerprint density at radius 2 is 2.33 bits per heavy atom. The van der Waals surface area contributed by atoms with E-state index >= 15 is 0 Å². The Labute approximate surface area is 114 Å².